The highest BCUT2D eigenvalue weighted by atomic mass is 19.1. The van der Waals surface area contributed by atoms with Crippen LogP contribution in [0.25, 0.3) is 55.4 Å². The largest absolute Gasteiger partial charge is 0.486 e. The van der Waals surface area contributed by atoms with E-state index < -0.39 is 30.1 Å². The molecule has 418 valence electrons. The quantitative estimate of drug-likeness (QED) is 0.0594. The third-order valence-corrected chi connectivity index (χ3v) is 16.9. The van der Waals surface area contributed by atoms with Crippen LogP contribution in [-0.2, 0) is 20.9 Å². The van der Waals surface area contributed by atoms with Crippen molar-refractivity contribution >= 4 is 39.4 Å². The van der Waals surface area contributed by atoms with Crippen LogP contribution in [0.2, 0.25) is 0 Å². The van der Waals surface area contributed by atoms with Crippen LogP contribution in [0.15, 0.2) is 97.5 Å². The molecule has 0 spiro atoms. The first-order valence-corrected chi connectivity index (χ1v) is 28.3. The molecule has 5 fully saturated rings. The van der Waals surface area contributed by atoms with E-state index in [-0.39, 0.29) is 67.9 Å². The van der Waals surface area contributed by atoms with Crippen molar-refractivity contribution in [1.82, 2.24) is 55.7 Å². The molecule has 1 saturated carbocycles. The molecule has 6 atom stereocenters. The number of carbonyl (C=O) groups is 2. The molecule has 19 nitrogen and oxygen atoms in total. The van der Waals surface area contributed by atoms with Gasteiger partial charge in [0.15, 0.2) is 5.75 Å². The van der Waals surface area contributed by atoms with E-state index in [4.69, 9.17) is 24.2 Å². The third-order valence-electron chi connectivity index (χ3n) is 16.9. The first-order valence-electron chi connectivity index (χ1n) is 28.3. The first kappa shape index (κ1) is 52.5. The van der Waals surface area contributed by atoms with E-state index in [0.717, 1.165) is 95.3 Å². The van der Waals surface area contributed by atoms with Gasteiger partial charge in [-0.25, -0.2) is 9.07 Å². The maximum absolute atomic E-state index is 16.2. The molecule has 8 aromatic rings. The Morgan fingerprint density at radius 3 is 2.43 bits per heavy atom. The van der Waals surface area contributed by atoms with Gasteiger partial charge in [-0.05, 0) is 84.5 Å². The number of carbonyl (C=O) groups excluding carboxylic acids is 2. The number of fused-ring (bicyclic) bond motifs is 4. The minimum atomic E-state index is -0.983. The summed E-state index contributed by atoms with van der Waals surface area (Å²) < 4.78 is 37.2. The molecule has 5 aliphatic rings. The average molecular weight is 1100 g/mol. The number of H-pyrrole nitrogens is 1. The zero-order valence-electron chi connectivity index (χ0n) is 45.5. The molecule has 2 bridgehead atoms. The van der Waals surface area contributed by atoms with Gasteiger partial charge in [-0.2, -0.15) is 15.1 Å². The zero-order chi connectivity index (χ0) is 55.5. The van der Waals surface area contributed by atoms with Crippen LogP contribution in [0.3, 0.4) is 0 Å². The van der Waals surface area contributed by atoms with E-state index >= 15 is 4.39 Å². The van der Waals surface area contributed by atoms with Gasteiger partial charge in [-0.1, -0.05) is 73.7 Å². The molecule has 2 amide bonds. The normalized spacial score (nSPS) is 20.9. The van der Waals surface area contributed by atoms with E-state index in [9.17, 15) is 19.8 Å². The summed E-state index contributed by atoms with van der Waals surface area (Å²) in [4.78, 5) is 47.3. The Balaban J connectivity index is 0.785. The van der Waals surface area contributed by atoms with Gasteiger partial charge in [0.2, 0.25) is 11.8 Å². The molecule has 8 heterocycles. The van der Waals surface area contributed by atoms with Crippen molar-refractivity contribution in [3.63, 3.8) is 0 Å². The molecule has 13 rings (SSSR count). The Morgan fingerprint density at radius 2 is 1.72 bits per heavy atom. The monoisotopic (exact) mass is 1100 g/mol. The predicted molar refractivity (Wildman–Crippen MR) is 301 cm³/mol. The number of aromatic nitrogens is 8. The van der Waals surface area contributed by atoms with Gasteiger partial charge in [0.25, 0.3) is 0 Å². The lowest BCUT2D eigenvalue weighted by Crippen LogP contribution is -2.50. The minimum absolute atomic E-state index is 0.0398. The summed E-state index contributed by atoms with van der Waals surface area (Å²) in [5, 5.41) is 45.9. The standard InChI is InChI=1S/C61H65FN12O7/c1-33(2)56(60(78)73-29-42(76)23-52(73)59(77)66-51(31-75)39-15-13-37(14-16-39)48-6-4-5-19-63-48)74-30-50(70-71-74)38-9-7-35(8-10-38)32-80-57-54(53-34(3)47(62)25-49-46(53)27-65-69-49)44(36-11-12-36)24-45-55(57)67-61(81-43-17-20-79-21-18-43)68-58(45)72-28-40-22-41(72)26-64-40/h4-10,13-16,19,24-25,27,30,33,36,40-43,51-52,56,64,75-76H,11-12,17-18,20-23,26,28-29,31-32H2,1-3H3,(H,65,69)(H,66,77)/t40-,41-,42+,51-,52-,56-/m0/s1. The number of halogens is 1. The molecule has 1 aliphatic carbocycles. The lowest BCUT2D eigenvalue weighted by atomic mass is 9.88. The fourth-order valence-corrected chi connectivity index (χ4v) is 12.4. The number of amides is 2. The van der Waals surface area contributed by atoms with Gasteiger partial charge in [0.05, 0.1) is 55.6 Å². The molecule has 4 aromatic carbocycles. The van der Waals surface area contributed by atoms with Gasteiger partial charge in [0.1, 0.15) is 47.6 Å². The highest BCUT2D eigenvalue weighted by molar-refractivity contribution is 6.06. The molecule has 20 heteroatoms. The van der Waals surface area contributed by atoms with Crippen molar-refractivity contribution in [3.05, 3.63) is 126 Å². The number of ether oxygens (including phenoxy) is 3. The van der Waals surface area contributed by atoms with Crippen molar-refractivity contribution in [1.29, 1.82) is 0 Å². The molecular weight excluding hydrogens is 1030 g/mol. The fourth-order valence-electron chi connectivity index (χ4n) is 12.4. The van der Waals surface area contributed by atoms with Crippen molar-refractivity contribution < 1.29 is 38.4 Å². The van der Waals surface area contributed by atoms with Crippen molar-refractivity contribution in [2.75, 3.05) is 44.4 Å². The summed E-state index contributed by atoms with van der Waals surface area (Å²) >= 11 is 0. The lowest BCUT2D eigenvalue weighted by Gasteiger charge is -2.31. The van der Waals surface area contributed by atoms with Crippen molar-refractivity contribution in [3.8, 4) is 45.4 Å². The number of piperazine rings is 1. The smallest absolute Gasteiger partial charge is 0.319 e. The lowest BCUT2D eigenvalue weighted by molar-refractivity contribution is -0.142. The molecule has 4 aliphatic heterocycles. The third kappa shape index (κ3) is 10.2. The van der Waals surface area contributed by atoms with Gasteiger partial charge < -0.3 is 44.9 Å². The Hall–Kier alpha value is -7.91. The number of aliphatic hydroxyl groups excluding tert-OH is 2. The highest BCUT2D eigenvalue weighted by Gasteiger charge is 2.44. The Labute approximate surface area is 467 Å². The van der Waals surface area contributed by atoms with E-state index in [1.165, 1.54) is 15.6 Å². The van der Waals surface area contributed by atoms with Crippen LogP contribution in [-0.4, -0.2) is 137 Å². The van der Waals surface area contributed by atoms with Gasteiger partial charge in [-0.3, -0.25) is 19.7 Å². The predicted octanol–water partition coefficient (Wildman–Crippen LogP) is 7.51. The summed E-state index contributed by atoms with van der Waals surface area (Å²) in [6, 6.07) is 22.9. The van der Waals surface area contributed by atoms with E-state index in [1.807, 2.05) is 87.5 Å². The minimum Gasteiger partial charge on any atom is -0.486 e. The summed E-state index contributed by atoms with van der Waals surface area (Å²) in [7, 11) is 0. The summed E-state index contributed by atoms with van der Waals surface area (Å²) in [5.74, 6) is 0.0696. The number of aliphatic hydroxyl groups is 2. The fraction of sp³-hybridized carbons (Fsp3) is 0.410. The van der Waals surface area contributed by atoms with Gasteiger partial charge in [-0.15, -0.1) is 5.10 Å². The van der Waals surface area contributed by atoms with Crippen LogP contribution in [0.1, 0.15) is 92.6 Å². The van der Waals surface area contributed by atoms with Gasteiger partial charge >= 0.3 is 6.01 Å². The maximum atomic E-state index is 16.2. The molecule has 4 aromatic heterocycles. The summed E-state index contributed by atoms with van der Waals surface area (Å²) in [6.45, 7) is 8.19. The van der Waals surface area contributed by atoms with Crippen LogP contribution >= 0.6 is 0 Å². The summed E-state index contributed by atoms with van der Waals surface area (Å²) in [5.41, 5.74) is 8.71. The number of β-amino-alcohol motifs (C(OH)–C–C–N with tert-alkyl or cyclic N) is 1. The second-order valence-electron chi connectivity index (χ2n) is 22.7. The summed E-state index contributed by atoms with van der Waals surface area (Å²) in [6.07, 6.45) is 8.61. The number of nitrogens with zero attached hydrogens (tertiary/aromatic N) is 9. The molecule has 4 saturated heterocycles. The number of hydrogen-bond donors (Lipinski definition) is 5. The van der Waals surface area contributed by atoms with Crippen molar-refractivity contribution in [2.45, 2.75) is 114 Å². The second-order valence-corrected chi connectivity index (χ2v) is 22.7. The van der Waals surface area contributed by atoms with E-state index in [0.29, 0.717) is 58.4 Å². The zero-order valence-corrected chi connectivity index (χ0v) is 45.5. The van der Waals surface area contributed by atoms with Crippen molar-refractivity contribution in [2.24, 2.45) is 5.92 Å². The maximum Gasteiger partial charge on any atom is 0.319 e. The number of aromatic amines is 1. The number of benzene rings is 4. The Kier molecular flexibility index (Phi) is 14.2. The molecular formula is C61H65FN12O7. The molecule has 81 heavy (non-hydrogen) atoms. The highest BCUT2D eigenvalue weighted by Crippen LogP contribution is 2.53. The molecule has 0 unspecified atom stereocenters. The number of hydrogen-bond acceptors (Lipinski definition) is 15. The van der Waals surface area contributed by atoms with Gasteiger partial charge in [0, 0.05) is 90.2 Å². The van der Waals surface area contributed by atoms with E-state index in [2.05, 4.69) is 47.1 Å². The van der Waals surface area contributed by atoms with Crippen LogP contribution in [0, 0.1) is 18.7 Å². The van der Waals surface area contributed by atoms with Crippen LogP contribution in [0.4, 0.5) is 10.2 Å². The Bertz CT molecular complexity index is 3630. The molecule has 0 radical (unpaired) electrons. The number of likely N-dealkylation sites (tertiary alicyclic amines) is 1. The number of rotatable bonds is 17. The topological polar surface area (TPSA) is 231 Å². The van der Waals surface area contributed by atoms with Crippen LogP contribution in [0.5, 0.6) is 11.8 Å². The molecule has 5 N–H and O–H groups in total. The number of pyridine rings is 1. The Morgan fingerprint density at radius 1 is 0.926 bits per heavy atom. The second kappa shape index (κ2) is 21.9. The SMILES string of the molecule is Cc1c(F)cc2[nH]ncc2c1-c1c(C2CC2)cc2c(N3C[C@@H]4C[C@H]3CN4)nc(OC3CCOCC3)nc2c1OCc1ccc(-c2cn([C@H](C(=O)N3C[C@H](O)C[C@H]3C(=O)N[C@@H](CO)c3ccc(-c4ccccn4)cc3)C(C)C)nn2)cc1. The average Bonchev–Trinajstić information content (AvgIpc) is 4.15. The number of anilines is 1. The number of nitrogens with one attached hydrogen (secondary N) is 3. The van der Waals surface area contributed by atoms with E-state index in [1.54, 1.807) is 18.6 Å². The van der Waals surface area contributed by atoms with Crippen LogP contribution < -0.4 is 25.0 Å². The first-order chi connectivity index (χ1) is 39.5.